The number of cyclic esters (lactones) is 1. The molecular weight excluding hydrogens is 931 g/mol. The molecule has 3 aliphatic heterocycles. The van der Waals surface area contributed by atoms with Crippen molar-refractivity contribution in [2.45, 2.75) is 193 Å². The third kappa shape index (κ3) is 16.6. The van der Waals surface area contributed by atoms with E-state index >= 15 is 0 Å². The fraction of sp³-hybridized carbons (Fsp3) is 0.727. The van der Waals surface area contributed by atoms with E-state index < -0.39 is 115 Å². The van der Waals surface area contributed by atoms with E-state index in [9.17, 15) is 48.9 Å². The van der Waals surface area contributed by atoms with Crippen LogP contribution in [0.1, 0.15) is 138 Å². The van der Waals surface area contributed by atoms with Crippen molar-refractivity contribution in [1.29, 1.82) is 0 Å². The molecular formula is C55H83NO16. The number of Topliss-reactive ketones (excluding diaryl/α,β-unsaturated/α-hetero) is 3. The average Bonchev–Trinajstić information content (AvgIpc) is 3.34. The van der Waals surface area contributed by atoms with E-state index in [2.05, 4.69) is 0 Å². The molecule has 0 unspecified atom stereocenters. The van der Waals surface area contributed by atoms with Crippen LogP contribution < -0.4 is 0 Å². The van der Waals surface area contributed by atoms with Crippen LogP contribution in [0, 0.1) is 35.5 Å². The molecule has 4 rings (SSSR count). The third-order valence-electron chi connectivity index (χ3n) is 15.3. The smallest absolute Gasteiger partial charge is 0.329 e. The highest BCUT2D eigenvalue weighted by Gasteiger charge is 2.53. The number of carbonyl (C=O) groups excluding carboxylic acids is 6. The number of allylic oxidation sites excluding steroid dienone is 6. The van der Waals surface area contributed by atoms with Gasteiger partial charge in [0.15, 0.2) is 18.0 Å². The molecule has 0 aromatic carbocycles. The molecule has 3 heterocycles. The fourth-order valence-electron chi connectivity index (χ4n) is 10.7. The van der Waals surface area contributed by atoms with Crippen LogP contribution in [0.3, 0.4) is 0 Å². The number of piperidine rings is 1. The maximum absolute atomic E-state index is 14.5. The zero-order valence-corrected chi connectivity index (χ0v) is 44.2. The second-order valence-corrected chi connectivity index (χ2v) is 21.0. The number of carbonyl (C=O) groups is 7. The molecule has 3 N–H and O–H groups in total. The molecule has 4 aliphatic rings. The molecule has 0 radical (unpaired) electrons. The first kappa shape index (κ1) is 60.2. The molecule has 0 aromatic heterocycles. The van der Waals surface area contributed by atoms with Crippen LogP contribution in [0.4, 0.5) is 0 Å². The summed E-state index contributed by atoms with van der Waals surface area (Å²) in [6, 6.07) is -1.20. The van der Waals surface area contributed by atoms with E-state index in [1.165, 1.54) is 7.11 Å². The minimum atomic E-state index is -2.47. The number of amides is 1. The van der Waals surface area contributed by atoms with Gasteiger partial charge in [-0.3, -0.25) is 28.8 Å². The lowest BCUT2D eigenvalue weighted by Gasteiger charge is -2.42. The predicted octanol–water partition coefficient (Wildman–Crippen LogP) is 6.60. The molecule has 72 heavy (non-hydrogen) atoms. The largest absolute Gasteiger partial charge is 0.481 e. The van der Waals surface area contributed by atoms with Gasteiger partial charge in [-0.2, -0.15) is 0 Å². The highest BCUT2D eigenvalue weighted by molar-refractivity contribution is 6.39. The summed E-state index contributed by atoms with van der Waals surface area (Å²) in [6.07, 6.45) is 8.95. The van der Waals surface area contributed by atoms with Gasteiger partial charge in [0.05, 0.1) is 37.3 Å². The Kier molecular flexibility index (Phi) is 23.7. The lowest BCUT2D eigenvalue weighted by molar-refractivity contribution is -0.265. The standard InChI is InChI=1S/C55H83NO16/c1-32-16-12-11-13-17-33(2)44(67-8)30-40-21-19-38(7)55(66,72-40)52(63)53(64)56-25-15-14-18-41(56)54(65)70-45(35(4)28-39-20-22-42(57)46(29-39)68-9)31-43(58)34(3)27-37(6)50(71-48(61)24-23-47(59)60)51(69-10)49(62)36(5)26-32/h11-13,16-17,27,32,34-36,38-42,44-46,50-51,57,66H,14-15,18-26,28-31H2,1-10H3,(H,59,60)/b13-11?,16-12+,33-17?,37-27+/t32-,34-,35-,36-,38-,39+,40+,41+,42-,44+,45+,46-,50-,51+,55-/m1/s1. The monoisotopic (exact) mass is 1010 g/mol. The highest BCUT2D eigenvalue weighted by Crippen LogP contribution is 2.38. The van der Waals surface area contributed by atoms with Crippen molar-refractivity contribution in [3.8, 4) is 0 Å². The van der Waals surface area contributed by atoms with Crippen LogP contribution in [-0.4, -0.2) is 144 Å². The van der Waals surface area contributed by atoms with Crippen molar-refractivity contribution in [2.24, 2.45) is 35.5 Å². The van der Waals surface area contributed by atoms with Crippen LogP contribution in [0.25, 0.3) is 0 Å². The van der Waals surface area contributed by atoms with Gasteiger partial charge in [0, 0.05) is 58.5 Å². The first-order valence-corrected chi connectivity index (χ1v) is 25.9. The lowest BCUT2D eigenvalue weighted by Crippen LogP contribution is -2.61. The van der Waals surface area contributed by atoms with Crippen molar-refractivity contribution in [3.63, 3.8) is 0 Å². The molecule has 1 saturated carbocycles. The Hall–Kier alpha value is -4.39. The summed E-state index contributed by atoms with van der Waals surface area (Å²) in [4.78, 5) is 97.4. The van der Waals surface area contributed by atoms with Gasteiger partial charge in [0.1, 0.15) is 17.9 Å². The van der Waals surface area contributed by atoms with Crippen molar-refractivity contribution in [3.05, 3.63) is 47.6 Å². The Labute approximate surface area is 426 Å². The normalized spacial score (nSPS) is 36.3. The van der Waals surface area contributed by atoms with Crippen LogP contribution >= 0.6 is 0 Å². The first-order valence-electron chi connectivity index (χ1n) is 25.9. The molecule has 2 bridgehead atoms. The highest BCUT2D eigenvalue weighted by atomic mass is 16.6. The number of aliphatic hydroxyl groups excluding tert-OH is 1. The number of aliphatic hydroxyl groups is 2. The van der Waals surface area contributed by atoms with Gasteiger partial charge in [-0.1, -0.05) is 71.1 Å². The number of rotatable bonds is 10. The predicted molar refractivity (Wildman–Crippen MR) is 266 cm³/mol. The molecule has 2 saturated heterocycles. The number of ketones is 3. The van der Waals surface area contributed by atoms with Gasteiger partial charge < -0.3 is 48.6 Å². The number of fused-ring (bicyclic) bond motifs is 3. The lowest BCUT2D eigenvalue weighted by atomic mass is 9.78. The van der Waals surface area contributed by atoms with E-state index in [0.29, 0.717) is 63.4 Å². The SMILES string of the molecule is CO[C@H]1C[C@@H]2CC[C@@H](C)[C@@](O)(O2)C(=O)C(=O)N2CCCC[C@H]2C(=O)O[C@H]([C@H](C)C[C@@H]2CC[C@@H](O)[C@H](OC)C2)CC(=O)[C@H](C)/C=C(\C)[C@@H](OC(=O)CCC(=O)O)[C@@H](OC)C(=O)[C@H](C)C[C@H](C)/C=C/C=CC=C1C. The number of aliphatic carboxylic acids is 1. The molecule has 1 amide bonds. The summed E-state index contributed by atoms with van der Waals surface area (Å²) < 4.78 is 35.4. The second kappa shape index (κ2) is 28.3. The first-order chi connectivity index (χ1) is 34.0. The van der Waals surface area contributed by atoms with E-state index in [0.717, 1.165) is 10.5 Å². The summed E-state index contributed by atoms with van der Waals surface area (Å²) in [5.74, 6) is -10.9. The maximum atomic E-state index is 14.5. The van der Waals surface area contributed by atoms with E-state index in [1.54, 1.807) is 48.0 Å². The minimum absolute atomic E-state index is 0.0461. The number of hydrogen-bond donors (Lipinski definition) is 3. The number of carboxylic acid groups (broad SMARTS) is 1. The minimum Gasteiger partial charge on any atom is -0.481 e. The second-order valence-electron chi connectivity index (χ2n) is 21.0. The summed E-state index contributed by atoms with van der Waals surface area (Å²) in [5.41, 5.74) is 1.15. The van der Waals surface area contributed by atoms with Crippen molar-refractivity contribution in [1.82, 2.24) is 4.90 Å². The number of nitrogens with zero attached hydrogens (tertiary/aromatic N) is 1. The van der Waals surface area contributed by atoms with Gasteiger partial charge in [-0.05, 0) is 107 Å². The molecule has 0 spiro atoms. The van der Waals surface area contributed by atoms with E-state index in [4.69, 9.17) is 28.4 Å². The summed E-state index contributed by atoms with van der Waals surface area (Å²) in [5, 5.41) is 31.8. The van der Waals surface area contributed by atoms with Crippen molar-refractivity contribution in [2.75, 3.05) is 27.9 Å². The number of methoxy groups -OCH3 is 3. The van der Waals surface area contributed by atoms with E-state index in [-0.39, 0.29) is 55.3 Å². The molecule has 3 fully saturated rings. The number of hydrogen-bond acceptors (Lipinski definition) is 15. The fourth-order valence-corrected chi connectivity index (χ4v) is 10.7. The maximum Gasteiger partial charge on any atom is 0.329 e. The van der Waals surface area contributed by atoms with Crippen LogP contribution in [0.5, 0.6) is 0 Å². The quantitative estimate of drug-likeness (QED) is 0.119. The molecule has 17 nitrogen and oxygen atoms in total. The van der Waals surface area contributed by atoms with Crippen molar-refractivity contribution < 1.29 is 77.3 Å². The summed E-state index contributed by atoms with van der Waals surface area (Å²) >= 11 is 0. The zero-order valence-electron chi connectivity index (χ0n) is 44.2. The van der Waals surface area contributed by atoms with Gasteiger partial charge in [0.2, 0.25) is 5.79 Å². The van der Waals surface area contributed by atoms with Crippen LogP contribution in [0.15, 0.2) is 47.6 Å². The Balaban J connectivity index is 1.77. The molecule has 15 atom stereocenters. The molecule has 1 aliphatic carbocycles. The third-order valence-corrected chi connectivity index (χ3v) is 15.3. The number of ether oxygens (including phenoxy) is 6. The molecule has 404 valence electrons. The zero-order chi connectivity index (χ0) is 53.4. The number of carboxylic acids is 1. The van der Waals surface area contributed by atoms with E-state index in [1.807, 2.05) is 51.2 Å². The van der Waals surface area contributed by atoms with Gasteiger partial charge in [-0.25, -0.2) is 4.79 Å². The summed E-state index contributed by atoms with van der Waals surface area (Å²) in [6.45, 7) is 12.4. The average molecular weight is 1010 g/mol. The Morgan fingerprint density at radius 2 is 1.57 bits per heavy atom. The van der Waals surface area contributed by atoms with Crippen LogP contribution in [-0.2, 0) is 62.0 Å². The summed E-state index contributed by atoms with van der Waals surface area (Å²) in [7, 11) is 4.42. The Bertz CT molecular complexity index is 2010. The molecule has 0 aromatic rings. The van der Waals surface area contributed by atoms with Crippen molar-refractivity contribution >= 4 is 41.2 Å². The number of esters is 2. The van der Waals surface area contributed by atoms with Gasteiger partial charge in [0.25, 0.3) is 11.7 Å². The Morgan fingerprint density at radius 1 is 0.847 bits per heavy atom. The topological polar surface area (TPSA) is 239 Å². The Morgan fingerprint density at radius 3 is 2.24 bits per heavy atom. The van der Waals surface area contributed by atoms with Gasteiger partial charge in [-0.15, -0.1) is 0 Å². The molecule has 17 heteroatoms. The van der Waals surface area contributed by atoms with Crippen LogP contribution in [0.2, 0.25) is 0 Å². The van der Waals surface area contributed by atoms with Gasteiger partial charge >= 0.3 is 17.9 Å².